The van der Waals surface area contributed by atoms with E-state index in [1.165, 1.54) is 4.90 Å². The highest BCUT2D eigenvalue weighted by Gasteiger charge is 2.35. The summed E-state index contributed by atoms with van der Waals surface area (Å²) in [6, 6.07) is 22.4. The third kappa shape index (κ3) is 3.13. The molecule has 1 heterocycles. The molecule has 0 aromatic heterocycles. The summed E-state index contributed by atoms with van der Waals surface area (Å²) in [4.78, 5) is 27.7. The second-order valence-electron chi connectivity index (χ2n) is 6.41. The van der Waals surface area contributed by atoms with E-state index in [9.17, 15) is 9.59 Å². The van der Waals surface area contributed by atoms with Gasteiger partial charge in [-0.1, -0.05) is 64.5 Å². The molecule has 0 spiro atoms. The van der Waals surface area contributed by atoms with E-state index in [1.807, 2.05) is 73.7 Å². The van der Waals surface area contributed by atoms with E-state index in [1.54, 1.807) is 12.1 Å². The first-order chi connectivity index (χ1) is 13.1. The second-order valence-corrected chi connectivity index (χ2v) is 7.26. The SMILES string of the molecule is Cc1cccc(N2C(=O)C(=Cc3ccccc3Br)c3ccccc3C2=O)c1. The lowest BCUT2D eigenvalue weighted by Gasteiger charge is -2.29. The largest absolute Gasteiger partial charge is 0.268 e. The first kappa shape index (κ1) is 17.4. The number of benzene rings is 3. The quantitative estimate of drug-likeness (QED) is 0.408. The first-order valence-electron chi connectivity index (χ1n) is 8.57. The van der Waals surface area contributed by atoms with Gasteiger partial charge in [0.15, 0.2) is 0 Å². The lowest BCUT2D eigenvalue weighted by atomic mass is 9.91. The molecule has 1 aliphatic rings. The first-order valence-corrected chi connectivity index (χ1v) is 9.36. The highest BCUT2D eigenvalue weighted by Crippen LogP contribution is 2.34. The average molecular weight is 418 g/mol. The molecular formula is C23H16BrNO2. The minimum absolute atomic E-state index is 0.300. The van der Waals surface area contributed by atoms with E-state index < -0.39 is 0 Å². The van der Waals surface area contributed by atoms with Gasteiger partial charge in [-0.15, -0.1) is 0 Å². The Morgan fingerprint density at radius 1 is 0.815 bits per heavy atom. The number of amides is 2. The lowest BCUT2D eigenvalue weighted by molar-refractivity contribution is -0.112. The Balaban J connectivity index is 1.93. The van der Waals surface area contributed by atoms with Gasteiger partial charge in [-0.25, -0.2) is 4.90 Å². The van der Waals surface area contributed by atoms with Crippen molar-refractivity contribution < 1.29 is 9.59 Å². The summed E-state index contributed by atoms with van der Waals surface area (Å²) in [5, 5.41) is 0. The van der Waals surface area contributed by atoms with Crippen LogP contribution in [0.15, 0.2) is 77.3 Å². The van der Waals surface area contributed by atoms with Crippen LogP contribution in [0.5, 0.6) is 0 Å². The highest BCUT2D eigenvalue weighted by atomic mass is 79.9. The third-order valence-electron chi connectivity index (χ3n) is 4.55. The molecule has 0 unspecified atom stereocenters. The monoisotopic (exact) mass is 417 g/mol. The Morgan fingerprint density at radius 2 is 1.52 bits per heavy atom. The predicted molar refractivity (Wildman–Crippen MR) is 111 cm³/mol. The van der Waals surface area contributed by atoms with Crippen LogP contribution in [0.2, 0.25) is 0 Å². The maximum Gasteiger partial charge on any atom is 0.265 e. The Kier molecular flexibility index (Phi) is 4.50. The molecule has 0 aliphatic carbocycles. The summed E-state index contributed by atoms with van der Waals surface area (Å²) in [6.07, 6.45) is 1.83. The van der Waals surface area contributed by atoms with Gasteiger partial charge in [0.25, 0.3) is 11.8 Å². The molecule has 4 rings (SSSR count). The Morgan fingerprint density at radius 3 is 2.26 bits per heavy atom. The summed E-state index contributed by atoms with van der Waals surface area (Å²) in [5.74, 6) is -0.620. The molecule has 0 N–H and O–H groups in total. The van der Waals surface area contributed by atoms with Gasteiger partial charge in [-0.2, -0.15) is 0 Å². The van der Waals surface area contributed by atoms with Gasteiger partial charge < -0.3 is 0 Å². The van der Waals surface area contributed by atoms with Crippen LogP contribution >= 0.6 is 15.9 Å². The van der Waals surface area contributed by atoms with Crippen molar-refractivity contribution >= 4 is 45.1 Å². The third-order valence-corrected chi connectivity index (χ3v) is 5.27. The van der Waals surface area contributed by atoms with Gasteiger partial charge in [0, 0.05) is 15.6 Å². The Hall–Kier alpha value is -2.98. The van der Waals surface area contributed by atoms with Crippen molar-refractivity contribution in [3.8, 4) is 0 Å². The molecule has 0 fully saturated rings. The smallest absolute Gasteiger partial charge is 0.265 e. The van der Waals surface area contributed by atoms with Crippen LogP contribution in [0.25, 0.3) is 11.6 Å². The van der Waals surface area contributed by atoms with Gasteiger partial charge in [-0.3, -0.25) is 9.59 Å². The van der Waals surface area contributed by atoms with E-state index in [2.05, 4.69) is 15.9 Å². The van der Waals surface area contributed by atoms with E-state index in [0.717, 1.165) is 15.6 Å². The van der Waals surface area contributed by atoms with Crippen molar-refractivity contribution in [3.63, 3.8) is 0 Å². The number of hydrogen-bond donors (Lipinski definition) is 0. The van der Waals surface area contributed by atoms with Crippen molar-refractivity contribution in [2.75, 3.05) is 4.90 Å². The molecule has 0 saturated heterocycles. The molecule has 1 aliphatic heterocycles. The summed E-state index contributed by atoms with van der Waals surface area (Å²) in [6.45, 7) is 1.94. The van der Waals surface area contributed by atoms with Gasteiger partial charge in [-0.05, 0) is 54.0 Å². The number of imide groups is 1. The number of hydrogen-bond acceptors (Lipinski definition) is 2. The zero-order valence-corrected chi connectivity index (χ0v) is 16.2. The van der Waals surface area contributed by atoms with E-state index in [4.69, 9.17) is 0 Å². The second kappa shape index (κ2) is 6.97. The van der Waals surface area contributed by atoms with Gasteiger partial charge >= 0.3 is 0 Å². The van der Waals surface area contributed by atoms with Crippen molar-refractivity contribution in [1.82, 2.24) is 0 Å². The maximum atomic E-state index is 13.3. The standard InChI is InChI=1S/C23H16BrNO2/c1-15-7-6-9-17(13-15)25-22(26)19-11-4-3-10-18(19)20(23(25)27)14-16-8-2-5-12-21(16)24/h2-14H,1H3. The van der Waals surface area contributed by atoms with Gasteiger partial charge in [0.1, 0.15) is 0 Å². The van der Waals surface area contributed by atoms with E-state index in [-0.39, 0.29) is 11.8 Å². The number of carbonyl (C=O) groups is 2. The fraction of sp³-hybridized carbons (Fsp3) is 0.0435. The van der Waals surface area contributed by atoms with Gasteiger partial charge in [0.05, 0.1) is 5.69 Å². The van der Waals surface area contributed by atoms with Crippen LogP contribution in [0.1, 0.15) is 27.0 Å². The maximum absolute atomic E-state index is 13.3. The lowest BCUT2D eigenvalue weighted by Crippen LogP contribution is -2.41. The summed E-state index contributed by atoms with van der Waals surface area (Å²) in [5.41, 5.74) is 4.14. The zero-order valence-electron chi connectivity index (χ0n) is 14.6. The predicted octanol–water partition coefficient (Wildman–Crippen LogP) is 5.49. The molecule has 0 bridgehead atoms. The molecule has 0 saturated carbocycles. The molecule has 3 aromatic rings. The van der Waals surface area contributed by atoms with Crippen molar-refractivity contribution in [1.29, 1.82) is 0 Å². The van der Waals surface area contributed by atoms with Crippen LogP contribution in [-0.4, -0.2) is 11.8 Å². The fourth-order valence-electron chi connectivity index (χ4n) is 3.24. The average Bonchev–Trinajstić information content (AvgIpc) is 2.67. The molecule has 3 nitrogen and oxygen atoms in total. The minimum Gasteiger partial charge on any atom is -0.268 e. The molecule has 0 radical (unpaired) electrons. The number of anilines is 1. The number of carbonyl (C=O) groups excluding carboxylic acids is 2. The van der Waals surface area contributed by atoms with Crippen LogP contribution in [0, 0.1) is 6.92 Å². The fourth-order valence-corrected chi connectivity index (χ4v) is 3.64. The number of nitrogens with zero attached hydrogens (tertiary/aromatic N) is 1. The molecule has 132 valence electrons. The highest BCUT2D eigenvalue weighted by molar-refractivity contribution is 9.10. The van der Waals surface area contributed by atoms with Crippen LogP contribution in [0.3, 0.4) is 0 Å². The van der Waals surface area contributed by atoms with Crippen molar-refractivity contribution in [3.05, 3.63) is 99.5 Å². The molecule has 27 heavy (non-hydrogen) atoms. The molecule has 3 aromatic carbocycles. The summed E-state index contributed by atoms with van der Waals surface area (Å²) < 4.78 is 0.891. The number of halogens is 1. The van der Waals surface area contributed by atoms with E-state index in [0.29, 0.717) is 22.4 Å². The van der Waals surface area contributed by atoms with Crippen LogP contribution in [0.4, 0.5) is 5.69 Å². The Labute approximate surface area is 166 Å². The normalized spacial score (nSPS) is 15.2. The number of rotatable bonds is 2. The molecular weight excluding hydrogens is 402 g/mol. The van der Waals surface area contributed by atoms with Crippen LogP contribution < -0.4 is 4.90 Å². The van der Waals surface area contributed by atoms with Crippen molar-refractivity contribution in [2.24, 2.45) is 0 Å². The summed E-state index contributed by atoms with van der Waals surface area (Å²) in [7, 11) is 0. The minimum atomic E-state index is -0.319. The zero-order chi connectivity index (χ0) is 19.0. The molecule has 0 atom stereocenters. The van der Waals surface area contributed by atoms with Crippen molar-refractivity contribution in [2.45, 2.75) is 6.92 Å². The molecule has 4 heteroatoms. The van der Waals surface area contributed by atoms with E-state index >= 15 is 0 Å². The Bertz CT molecular complexity index is 1100. The topological polar surface area (TPSA) is 37.4 Å². The number of fused-ring (bicyclic) bond motifs is 1. The van der Waals surface area contributed by atoms with Crippen LogP contribution in [-0.2, 0) is 4.79 Å². The molecule has 2 amide bonds. The summed E-state index contributed by atoms with van der Waals surface area (Å²) >= 11 is 3.53. The number of aryl methyl sites for hydroxylation is 1. The van der Waals surface area contributed by atoms with Gasteiger partial charge in [0.2, 0.25) is 0 Å².